The number of halogens is 1. The predicted molar refractivity (Wildman–Crippen MR) is 65.7 cm³/mol. The molecule has 98 valence electrons. The van der Waals surface area contributed by atoms with Gasteiger partial charge in [-0.15, -0.1) is 0 Å². The van der Waals surface area contributed by atoms with E-state index in [4.69, 9.17) is 16.6 Å². The van der Waals surface area contributed by atoms with E-state index in [9.17, 15) is 9.18 Å². The molecule has 0 amide bonds. The molecule has 5 nitrogen and oxygen atoms in total. The molecule has 0 bridgehead atoms. The number of hydrogen-bond donors (Lipinski definition) is 3. The molecular formula is C11H20FN3O2. The Labute approximate surface area is 100 Å². The molecule has 17 heavy (non-hydrogen) atoms. The first-order valence-corrected chi connectivity index (χ1v) is 5.32. The van der Waals surface area contributed by atoms with Crippen LogP contribution in [-0.2, 0) is 4.79 Å². The summed E-state index contributed by atoms with van der Waals surface area (Å²) in [7, 11) is 0. The lowest BCUT2D eigenvalue weighted by atomic mass is 9.97. The zero-order chi connectivity index (χ0) is 13.5. The maximum Gasteiger partial charge on any atom is 0.323 e. The van der Waals surface area contributed by atoms with Crippen LogP contribution in [0.3, 0.4) is 0 Å². The van der Waals surface area contributed by atoms with Crippen LogP contribution in [0.5, 0.6) is 0 Å². The summed E-state index contributed by atoms with van der Waals surface area (Å²) in [6, 6.07) is 0. The molecule has 6 heteroatoms. The SMILES string of the molecule is CC(N)=NC/C(=C/CC[C@](C)(N)C(=O)O)CF. The van der Waals surface area contributed by atoms with Gasteiger partial charge in [-0.1, -0.05) is 6.08 Å². The van der Waals surface area contributed by atoms with Gasteiger partial charge in [0, 0.05) is 0 Å². The van der Waals surface area contributed by atoms with E-state index < -0.39 is 18.2 Å². The number of rotatable bonds is 7. The first-order valence-electron chi connectivity index (χ1n) is 5.32. The lowest BCUT2D eigenvalue weighted by molar-refractivity contribution is -0.142. The average molecular weight is 245 g/mol. The molecule has 0 heterocycles. The molecule has 0 aromatic carbocycles. The molecule has 0 saturated carbocycles. The lowest BCUT2D eigenvalue weighted by Gasteiger charge is -2.17. The summed E-state index contributed by atoms with van der Waals surface area (Å²) in [6.07, 6.45) is 2.27. The van der Waals surface area contributed by atoms with Gasteiger partial charge in [0.2, 0.25) is 0 Å². The molecule has 0 spiro atoms. The van der Waals surface area contributed by atoms with Crippen molar-refractivity contribution in [2.75, 3.05) is 13.2 Å². The third-order valence-electron chi connectivity index (χ3n) is 2.29. The number of amidine groups is 1. The van der Waals surface area contributed by atoms with Crippen LogP contribution in [0.1, 0.15) is 26.7 Å². The van der Waals surface area contributed by atoms with Crippen LogP contribution in [0.15, 0.2) is 16.6 Å². The molecular weight excluding hydrogens is 225 g/mol. The second kappa shape index (κ2) is 7.01. The van der Waals surface area contributed by atoms with Gasteiger partial charge >= 0.3 is 5.97 Å². The number of aliphatic imine (C=N–C) groups is 1. The number of nitrogens with zero attached hydrogens (tertiary/aromatic N) is 1. The fourth-order valence-electron chi connectivity index (χ4n) is 1.07. The van der Waals surface area contributed by atoms with Crippen molar-refractivity contribution in [1.29, 1.82) is 0 Å². The van der Waals surface area contributed by atoms with Crippen molar-refractivity contribution in [3.63, 3.8) is 0 Å². The van der Waals surface area contributed by atoms with Gasteiger partial charge in [-0.25, -0.2) is 4.39 Å². The number of carbonyl (C=O) groups is 1. The molecule has 0 fully saturated rings. The van der Waals surface area contributed by atoms with Gasteiger partial charge in [0.05, 0.1) is 12.4 Å². The maximum absolute atomic E-state index is 12.6. The van der Waals surface area contributed by atoms with Crippen LogP contribution in [0.4, 0.5) is 4.39 Å². The fraction of sp³-hybridized carbons (Fsp3) is 0.636. The van der Waals surface area contributed by atoms with Crippen LogP contribution in [-0.4, -0.2) is 35.7 Å². The lowest BCUT2D eigenvalue weighted by Crippen LogP contribution is -2.44. The maximum atomic E-state index is 12.6. The van der Waals surface area contributed by atoms with Gasteiger partial charge in [0.25, 0.3) is 0 Å². The standard InChI is InChI=1S/C11H20FN3O2/c1-8(13)15-7-9(6-12)4-3-5-11(2,14)10(16)17/h4H,3,5-7,14H2,1-2H3,(H2,13,15)(H,16,17)/b9-4+/t11-/m0/s1. The number of allylic oxidation sites excluding steroid dienone is 1. The van der Waals surface area contributed by atoms with E-state index in [1.807, 2.05) is 0 Å². The molecule has 1 atom stereocenters. The second-order valence-electron chi connectivity index (χ2n) is 4.21. The monoisotopic (exact) mass is 245 g/mol. The largest absolute Gasteiger partial charge is 0.480 e. The van der Waals surface area contributed by atoms with Crippen LogP contribution >= 0.6 is 0 Å². The Kier molecular flexibility index (Phi) is 6.42. The van der Waals surface area contributed by atoms with E-state index in [0.29, 0.717) is 17.8 Å². The minimum atomic E-state index is -1.29. The van der Waals surface area contributed by atoms with Crippen molar-refractivity contribution in [1.82, 2.24) is 0 Å². The highest BCUT2D eigenvalue weighted by Crippen LogP contribution is 2.11. The minimum Gasteiger partial charge on any atom is -0.480 e. The first kappa shape index (κ1) is 15.6. The summed E-state index contributed by atoms with van der Waals surface area (Å²) in [6.45, 7) is 2.63. The smallest absolute Gasteiger partial charge is 0.323 e. The number of carboxylic acids is 1. The Balaban J connectivity index is 4.29. The van der Waals surface area contributed by atoms with E-state index in [1.165, 1.54) is 6.92 Å². The van der Waals surface area contributed by atoms with E-state index >= 15 is 0 Å². The number of nitrogens with two attached hydrogens (primary N) is 2. The molecule has 0 aromatic rings. The molecule has 0 saturated heterocycles. The summed E-state index contributed by atoms with van der Waals surface area (Å²) in [5.74, 6) is -0.679. The Morgan fingerprint density at radius 2 is 2.18 bits per heavy atom. The molecule has 0 rings (SSSR count). The van der Waals surface area contributed by atoms with E-state index in [0.717, 1.165) is 0 Å². The molecule has 5 N–H and O–H groups in total. The summed E-state index contributed by atoms with van der Waals surface area (Å²) in [5, 5.41) is 8.78. The summed E-state index contributed by atoms with van der Waals surface area (Å²) in [5.41, 5.74) is 10.1. The normalized spacial score (nSPS) is 16.7. The van der Waals surface area contributed by atoms with Crippen molar-refractivity contribution in [2.24, 2.45) is 16.5 Å². The van der Waals surface area contributed by atoms with E-state index in [1.54, 1.807) is 13.0 Å². The van der Waals surface area contributed by atoms with Crippen molar-refractivity contribution in [2.45, 2.75) is 32.2 Å². The van der Waals surface area contributed by atoms with Crippen molar-refractivity contribution >= 4 is 11.8 Å². The Morgan fingerprint density at radius 3 is 2.59 bits per heavy atom. The number of aliphatic carboxylic acids is 1. The van der Waals surface area contributed by atoms with Gasteiger partial charge in [0.1, 0.15) is 12.2 Å². The average Bonchev–Trinajstić information content (AvgIpc) is 2.22. The highest BCUT2D eigenvalue weighted by atomic mass is 19.1. The third kappa shape index (κ3) is 6.68. The molecule has 0 unspecified atom stereocenters. The van der Waals surface area contributed by atoms with Gasteiger partial charge in [0.15, 0.2) is 0 Å². The Bertz CT molecular complexity index is 321. The van der Waals surface area contributed by atoms with Crippen molar-refractivity contribution < 1.29 is 14.3 Å². The minimum absolute atomic E-state index is 0.202. The summed E-state index contributed by atoms with van der Waals surface area (Å²) in [4.78, 5) is 14.6. The molecule has 0 radical (unpaired) electrons. The highest BCUT2D eigenvalue weighted by molar-refractivity contribution is 5.78. The number of carboxylic acid groups (broad SMARTS) is 1. The number of alkyl halides is 1. The van der Waals surface area contributed by atoms with Gasteiger partial charge in [-0.3, -0.25) is 9.79 Å². The van der Waals surface area contributed by atoms with Crippen LogP contribution in [0, 0.1) is 0 Å². The molecule has 0 aliphatic carbocycles. The highest BCUT2D eigenvalue weighted by Gasteiger charge is 2.26. The topological polar surface area (TPSA) is 102 Å². The quantitative estimate of drug-likeness (QED) is 0.351. The molecule has 0 aliphatic rings. The molecule has 0 aromatic heterocycles. The summed E-state index contributed by atoms with van der Waals surface area (Å²) >= 11 is 0. The second-order valence-corrected chi connectivity index (χ2v) is 4.21. The number of hydrogen-bond acceptors (Lipinski definition) is 3. The molecule has 0 aliphatic heterocycles. The van der Waals surface area contributed by atoms with Gasteiger partial charge in [-0.2, -0.15) is 0 Å². The third-order valence-corrected chi connectivity index (χ3v) is 2.29. The van der Waals surface area contributed by atoms with Gasteiger partial charge in [-0.05, 0) is 32.3 Å². The predicted octanol–water partition coefficient (Wildman–Crippen LogP) is 0.842. The van der Waals surface area contributed by atoms with Gasteiger partial charge < -0.3 is 16.6 Å². The van der Waals surface area contributed by atoms with Crippen LogP contribution < -0.4 is 11.5 Å². The van der Waals surface area contributed by atoms with E-state index in [2.05, 4.69) is 4.99 Å². The van der Waals surface area contributed by atoms with Crippen molar-refractivity contribution in [3.05, 3.63) is 11.6 Å². The van der Waals surface area contributed by atoms with Crippen LogP contribution in [0.25, 0.3) is 0 Å². The van der Waals surface area contributed by atoms with E-state index in [-0.39, 0.29) is 13.0 Å². The zero-order valence-corrected chi connectivity index (χ0v) is 10.2. The first-order chi connectivity index (χ1) is 7.79. The zero-order valence-electron chi connectivity index (χ0n) is 10.2. The fourth-order valence-corrected chi connectivity index (χ4v) is 1.07. The Morgan fingerprint density at radius 1 is 1.59 bits per heavy atom. The summed E-state index contributed by atoms with van der Waals surface area (Å²) < 4.78 is 12.6. The van der Waals surface area contributed by atoms with Crippen LogP contribution in [0.2, 0.25) is 0 Å². The Hall–Kier alpha value is -1.43. The van der Waals surface area contributed by atoms with Crippen molar-refractivity contribution in [3.8, 4) is 0 Å².